The van der Waals surface area contributed by atoms with E-state index in [2.05, 4.69) is 0 Å². The second kappa shape index (κ2) is 7.87. The lowest BCUT2D eigenvalue weighted by Gasteiger charge is -2.18. The standard InChI is InChI=1S/C23H20N2O5/c1-24(13-15-5-8-17(29-2)9-6-15)21(26)16-7-10-19-20(12-16)23(28)25(22(19)27)14-18-4-3-11-30-18/h3-12H,13-14H2,1-2H3. The number of hydrogen-bond acceptors (Lipinski definition) is 5. The monoisotopic (exact) mass is 404 g/mol. The van der Waals surface area contributed by atoms with Crippen LogP contribution in [0.25, 0.3) is 0 Å². The second-order valence-corrected chi connectivity index (χ2v) is 7.05. The smallest absolute Gasteiger partial charge is 0.261 e. The van der Waals surface area contributed by atoms with Crippen LogP contribution in [0.2, 0.25) is 0 Å². The largest absolute Gasteiger partial charge is 0.497 e. The zero-order valence-corrected chi connectivity index (χ0v) is 16.6. The number of imide groups is 1. The van der Waals surface area contributed by atoms with E-state index in [0.717, 1.165) is 16.2 Å². The van der Waals surface area contributed by atoms with E-state index in [4.69, 9.17) is 9.15 Å². The summed E-state index contributed by atoms with van der Waals surface area (Å²) in [6.07, 6.45) is 1.49. The minimum Gasteiger partial charge on any atom is -0.497 e. The van der Waals surface area contributed by atoms with E-state index in [1.54, 1.807) is 37.3 Å². The number of fused-ring (bicyclic) bond motifs is 1. The highest BCUT2D eigenvalue weighted by molar-refractivity contribution is 6.22. The van der Waals surface area contributed by atoms with Crippen molar-refractivity contribution in [1.29, 1.82) is 0 Å². The van der Waals surface area contributed by atoms with Crippen LogP contribution in [0.15, 0.2) is 65.3 Å². The Morgan fingerprint density at radius 1 is 1.03 bits per heavy atom. The number of nitrogens with zero attached hydrogens (tertiary/aromatic N) is 2. The zero-order chi connectivity index (χ0) is 21.3. The zero-order valence-electron chi connectivity index (χ0n) is 16.6. The summed E-state index contributed by atoms with van der Waals surface area (Å²) in [5.74, 6) is 0.197. The van der Waals surface area contributed by atoms with E-state index in [-0.39, 0.29) is 18.0 Å². The number of methoxy groups -OCH3 is 1. The molecule has 0 N–H and O–H groups in total. The van der Waals surface area contributed by atoms with Gasteiger partial charge >= 0.3 is 0 Å². The molecule has 0 radical (unpaired) electrons. The van der Waals surface area contributed by atoms with Crippen molar-refractivity contribution >= 4 is 17.7 Å². The lowest BCUT2D eigenvalue weighted by molar-refractivity contribution is 0.0631. The third-order valence-corrected chi connectivity index (χ3v) is 5.04. The summed E-state index contributed by atoms with van der Waals surface area (Å²) in [6.45, 7) is 0.456. The van der Waals surface area contributed by atoms with Gasteiger partial charge in [-0.2, -0.15) is 0 Å². The first-order chi connectivity index (χ1) is 14.5. The number of carbonyl (C=O) groups is 3. The van der Waals surface area contributed by atoms with E-state index in [0.29, 0.717) is 23.4 Å². The molecule has 3 amide bonds. The summed E-state index contributed by atoms with van der Waals surface area (Å²) >= 11 is 0. The first-order valence-corrected chi connectivity index (χ1v) is 9.39. The Balaban J connectivity index is 1.51. The molecule has 3 aromatic rings. The lowest BCUT2D eigenvalue weighted by Crippen LogP contribution is -2.29. The first kappa shape index (κ1) is 19.4. The molecule has 0 unspecified atom stereocenters. The molecule has 7 heteroatoms. The van der Waals surface area contributed by atoms with Gasteiger partial charge in [0.15, 0.2) is 0 Å². The maximum absolute atomic E-state index is 12.9. The van der Waals surface area contributed by atoms with Gasteiger partial charge in [0.05, 0.1) is 31.0 Å². The highest BCUT2D eigenvalue weighted by Gasteiger charge is 2.36. The molecule has 7 nitrogen and oxygen atoms in total. The fourth-order valence-corrected chi connectivity index (χ4v) is 3.42. The van der Waals surface area contributed by atoms with Crippen molar-refractivity contribution in [1.82, 2.24) is 9.80 Å². The Labute approximate surface area is 173 Å². The van der Waals surface area contributed by atoms with Crippen LogP contribution in [-0.4, -0.2) is 41.7 Å². The van der Waals surface area contributed by atoms with Crippen LogP contribution in [-0.2, 0) is 13.1 Å². The highest BCUT2D eigenvalue weighted by Crippen LogP contribution is 2.26. The Kier molecular flexibility index (Phi) is 5.10. The van der Waals surface area contributed by atoms with Crippen LogP contribution < -0.4 is 4.74 Å². The predicted molar refractivity (Wildman–Crippen MR) is 108 cm³/mol. The number of furan rings is 1. The fourth-order valence-electron chi connectivity index (χ4n) is 3.42. The van der Waals surface area contributed by atoms with Crippen LogP contribution >= 0.6 is 0 Å². The maximum Gasteiger partial charge on any atom is 0.261 e. The summed E-state index contributed by atoms with van der Waals surface area (Å²) in [4.78, 5) is 40.9. The molecule has 2 aromatic carbocycles. The van der Waals surface area contributed by atoms with Gasteiger partial charge in [0.2, 0.25) is 0 Å². The summed E-state index contributed by atoms with van der Waals surface area (Å²) < 4.78 is 10.4. The highest BCUT2D eigenvalue weighted by atomic mass is 16.5. The van der Waals surface area contributed by atoms with Gasteiger partial charge in [0, 0.05) is 19.2 Å². The van der Waals surface area contributed by atoms with Gasteiger partial charge in [-0.25, -0.2) is 0 Å². The molecule has 0 atom stereocenters. The van der Waals surface area contributed by atoms with Gasteiger partial charge in [0.25, 0.3) is 17.7 Å². The molecule has 0 fully saturated rings. The van der Waals surface area contributed by atoms with E-state index in [1.165, 1.54) is 18.4 Å². The first-order valence-electron chi connectivity index (χ1n) is 9.39. The SMILES string of the molecule is COc1ccc(CN(C)C(=O)c2ccc3c(c2)C(=O)N(Cc2ccco2)C3=O)cc1. The molecule has 4 rings (SSSR count). The quantitative estimate of drug-likeness (QED) is 0.589. The molecule has 30 heavy (non-hydrogen) atoms. The molecular weight excluding hydrogens is 384 g/mol. The van der Waals surface area contributed by atoms with Gasteiger partial charge < -0.3 is 14.1 Å². The van der Waals surface area contributed by atoms with Crippen LogP contribution in [0.5, 0.6) is 5.75 Å². The predicted octanol–water partition coefficient (Wildman–Crippen LogP) is 3.36. The maximum atomic E-state index is 12.9. The molecule has 0 bridgehead atoms. The number of hydrogen-bond donors (Lipinski definition) is 0. The van der Waals surface area contributed by atoms with Crippen molar-refractivity contribution in [3.05, 3.63) is 88.9 Å². The van der Waals surface area contributed by atoms with Crippen molar-refractivity contribution in [2.75, 3.05) is 14.2 Å². The fraction of sp³-hybridized carbons (Fsp3) is 0.174. The van der Waals surface area contributed by atoms with E-state index < -0.39 is 11.8 Å². The van der Waals surface area contributed by atoms with Crippen LogP contribution in [0, 0.1) is 0 Å². The Hall–Kier alpha value is -3.87. The van der Waals surface area contributed by atoms with Crippen molar-refractivity contribution in [2.24, 2.45) is 0 Å². The topological polar surface area (TPSA) is 80.1 Å². The van der Waals surface area contributed by atoms with Crippen molar-refractivity contribution in [3.8, 4) is 5.75 Å². The summed E-state index contributed by atoms with van der Waals surface area (Å²) in [6, 6.07) is 15.4. The molecule has 1 aliphatic rings. The number of rotatable bonds is 6. The summed E-state index contributed by atoms with van der Waals surface area (Å²) in [5.41, 5.74) is 1.82. The second-order valence-electron chi connectivity index (χ2n) is 7.05. The third-order valence-electron chi connectivity index (χ3n) is 5.04. The van der Waals surface area contributed by atoms with Crippen molar-refractivity contribution in [3.63, 3.8) is 0 Å². The van der Waals surface area contributed by atoms with Gasteiger partial charge in [-0.1, -0.05) is 12.1 Å². The number of amides is 3. The minimum atomic E-state index is -0.432. The van der Waals surface area contributed by atoms with Crippen molar-refractivity contribution in [2.45, 2.75) is 13.1 Å². The molecule has 1 aliphatic heterocycles. The normalized spacial score (nSPS) is 12.8. The van der Waals surface area contributed by atoms with Gasteiger partial charge in [-0.15, -0.1) is 0 Å². The Morgan fingerprint density at radius 3 is 2.43 bits per heavy atom. The number of carbonyl (C=O) groups excluding carboxylic acids is 3. The van der Waals surface area contributed by atoms with Gasteiger partial charge in [-0.05, 0) is 48.0 Å². The van der Waals surface area contributed by atoms with Gasteiger partial charge in [-0.3, -0.25) is 19.3 Å². The van der Waals surface area contributed by atoms with Crippen LogP contribution in [0.3, 0.4) is 0 Å². The average Bonchev–Trinajstić information content (AvgIpc) is 3.36. The summed E-state index contributed by atoms with van der Waals surface area (Å²) in [7, 11) is 3.29. The van der Waals surface area contributed by atoms with E-state index >= 15 is 0 Å². The Bertz CT molecular complexity index is 1100. The third kappa shape index (κ3) is 3.57. The molecule has 0 saturated heterocycles. The number of benzene rings is 2. The molecule has 2 heterocycles. The Morgan fingerprint density at radius 2 is 1.77 bits per heavy atom. The molecule has 152 valence electrons. The van der Waals surface area contributed by atoms with Crippen LogP contribution in [0.4, 0.5) is 0 Å². The molecular formula is C23H20N2O5. The molecule has 0 spiro atoms. The molecule has 0 saturated carbocycles. The van der Waals surface area contributed by atoms with E-state index in [9.17, 15) is 14.4 Å². The van der Waals surface area contributed by atoms with Gasteiger partial charge in [0.1, 0.15) is 11.5 Å². The van der Waals surface area contributed by atoms with E-state index in [1.807, 2.05) is 24.3 Å². The van der Waals surface area contributed by atoms with Crippen molar-refractivity contribution < 1.29 is 23.5 Å². The lowest BCUT2D eigenvalue weighted by atomic mass is 10.0. The molecule has 0 aliphatic carbocycles. The van der Waals surface area contributed by atoms with Crippen LogP contribution in [0.1, 0.15) is 42.4 Å². The average molecular weight is 404 g/mol. The molecule has 1 aromatic heterocycles. The summed E-state index contributed by atoms with van der Waals surface area (Å²) in [5, 5.41) is 0. The minimum absolute atomic E-state index is 0.0556. The number of ether oxygens (including phenoxy) is 1.